The van der Waals surface area contributed by atoms with Crippen LogP contribution in [0.15, 0.2) is 0 Å². The van der Waals surface area contributed by atoms with Gasteiger partial charge in [-0.1, -0.05) is 0 Å². The first-order chi connectivity index (χ1) is 5.65. The molecule has 0 aliphatic heterocycles. The predicted molar refractivity (Wildman–Crippen MR) is 63.2 cm³/mol. The summed E-state index contributed by atoms with van der Waals surface area (Å²) in [4.78, 5) is 0.0361. The summed E-state index contributed by atoms with van der Waals surface area (Å²) < 4.78 is 5.92. The fraction of sp³-hybridized carbons (Fsp3) is 1.00. The molecule has 1 nitrogen and oxygen atoms in total. The van der Waals surface area contributed by atoms with E-state index in [9.17, 15) is 0 Å². The number of rotatable bonds is 5. The van der Waals surface area contributed by atoms with Crippen LogP contribution in [0.5, 0.6) is 0 Å². The Labute approximate surface area is 99.9 Å². The van der Waals surface area contributed by atoms with Crippen molar-refractivity contribution in [3.8, 4) is 0 Å². The fourth-order valence-corrected chi connectivity index (χ4v) is 6.90. The van der Waals surface area contributed by atoms with E-state index >= 15 is 0 Å². The van der Waals surface area contributed by atoms with Gasteiger partial charge in [-0.2, -0.15) is 0 Å². The Balaban J connectivity index is 3.84. The molecule has 0 aromatic rings. The van der Waals surface area contributed by atoms with E-state index in [1.807, 2.05) is 0 Å². The van der Waals surface area contributed by atoms with E-state index in [-0.39, 0.29) is 4.95 Å². The molecule has 0 bridgehead atoms. The van der Waals surface area contributed by atoms with E-state index in [4.69, 9.17) is 4.43 Å². The molecule has 0 aliphatic rings. The molecule has 0 aromatic heterocycles. The zero-order chi connectivity index (χ0) is 10.7. The Morgan fingerprint density at radius 3 is 1.92 bits per heavy atom. The molecule has 0 N–H and O–H groups in total. The first-order valence-corrected chi connectivity index (χ1v) is 18.1. The summed E-state index contributed by atoms with van der Waals surface area (Å²) in [6.07, 6.45) is 0. The second-order valence-corrected chi connectivity index (χ2v) is 30.8. The Kier molecular flexibility index (Phi) is 6.18. The second-order valence-electron chi connectivity index (χ2n) is 5.22. The monoisotopic (exact) mass is 308 g/mol. The van der Waals surface area contributed by atoms with E-state index < -0.39 is 15.9 Å². The molecule has 0 aromatic carbocycles. The van der Waals surface area contributed by atoms with Gasteiger partial charge >= 0.3 is 101 Å². The van der Waals surface area contributed by atoms with Crippen LogP contribution in [-0.2, 0) is 27.8 Å². The summed E-state index contributed by atoms with van der Waals surface area (Å²) in [6.45, 7) is 15.4. The van der Waals surface area contributed by atoms with E-state index in [0.717, 1.165) is 6.61 Å². The minimum atomic E-state index is -1.25. The van der Waals surface area contributed by atoms with Gasteiger partial charge in [0.2, 0.25) is 0 Å². The molecular formula is C8H22OSi3Zr+2. The maximum absolute atomic E-state index is 5.92. The quantitative estimate of drug-likeness (QED) is 0.710. The van der Waals surface area contributed by atoms with E-state index in [2.05, 4.69) is 39.3 Å². The minimum absolute atomic E-state index is 0.0361. The molecule has 0 rings (SSSR count). The molecule has 0 radical (unpaired) electrons. The van der Waals surface area contributed by atoms with Crippen molar-refractivity contribution in [1.82, 2.24) is 0 Å². The van der Waals surface area contributed by atoms with Crippen LogP contribution in [0.4, 0.5) is 0 Å². The van der Waals surface area contributed by atoms with Gasteiger partial charge in [0.25, 0.3) is 0 Å². The summed E-state index contributed by atoms with van der Waals surface area (Å²) in [6, 6.07) is 1.38. The van der Waals surface area contributed by atoms with Gasteiger partial charge in [0.1, 0.15) is 0 Å². The van der Waals surface area contributed by atoms with E-state index in [0.29, 0.717) is 0 Å². The first kappa shape index (κ1) is 14.5. The van der Waals surface area contributed by atoms with Crippen molar-refractivity contribution in [1.29, 1.82) is 0 Å². The van der Waals surface area contributed by atoms with E-state index in [1.54, 1.807) is 23.3 Å². The third kappa shape index (κ3) is 7.43. The summed E-state index contributed by atoms with van der Waals surface area (Å²) in [7, 11) is -2.09. The van der Waals surface area contributed by atoms with Crippen molar-refractivity contribution in [2.24, 2.45) is 0 Å². The molecular weight excluding hydrogens is 288 g/mol. The molecule has 13 heavy (non-hydrogen) atoms. The SMILES string of the molecule is C[Si](=[Zr+2])[Si](C)(C)CCO[Si](C)(C)C. The average Bonchev–Trinajstić information content (AvgIpc) is 1.82. The van der Waals surface area contributed by atoms with Crippen LogP contribution in [0, 0.1) is 0 Å². The normalized spacial score (nSPS) is 13.2. The van der Waals surface area contributed by atoms with Crippen molar-refractivity contribution in [2.45, 2.75) is 45.3 Å². The average molecular weight is 310 g/mol. The van der Waals surface area contributed by atoms with Crippen LogP contribution in [-0.4, -0.2) is 27.5 Å². The van der Waals surface area contributed by atoms with Crippen LogP contribution >= 0.6 is 0 Å². The van der Waals surface area contributed by atoms with Crippen LogP contribution in [0.1, 0.15) is 0 Å². The zero-order valence-electron chi connectivity index (χ0n) is 9.82. The Morgan fingerprint density at radius 1 is 1.15 bits per heavy atom. The van der Waals surface area contributed by atoms with Crippen LogP contribution < -0.4 is 0 Å². The molecule has 0 aliphatic carbocycles. The molecule has 5 heteroatoms. The Bertz CT molecular complexity index is 186. The molecule has 0 heterocycles. The number of hydrogen-bond acceptors (Lipinski definition) is 1. The van der Waals surface area contributed by atoms with Gasteiger partial charge in [0.05, 0.1) is 0 Å². The van der Waals surface area contributed by atoms with Gasteiger partial charge in [-0.15, -0.1) is 0 Å². The van der Waals surface area contributed by atoms with Crippen LogP contribution in [0.3, 0.4) is 0 Å². The molecule has 0 amide bonds. The topological polar surface area (TPSA) is 9.23 Å². The third-order valence-corrected chi connectivity index (χ3v) is 28.6. The molecule has 0 unspecified atom stereocenters. The molecule has 0 saturated carbocycles. The van der Waals surface area contributed by atoms with Crippen LogP contribution in [0.25, 0.3) is 0 Å². The first-order valence-electron chi connectivity index (χ1n) is 4.85. The Hall–Kier alpha value is 1.49. The standard InChI is InChI=1S/C8H22OSi3.Zr/c1-10-12(5,6)8-7-9-11(2,3)4;/h7-8H2,1-6H3;/q;+2. The molecule has 0 fully saturated rings. The van der Waals surface area contributed by atoms with Gasteiger partial charge in [0.15, 0.2) is 0 Å². The summed E-state index contributed by atoms with van der Waals surface area (Å²) in [5, 5.41) is 0. The van der Waals surface area contributed by atoms with Crippen molar-refractivity contribution in [2.75, 3.05) is 6.61 Å². The van der Waals surface area contributed by atoms with Crippen molar-refractivity contribution in [3.63, 3.8) is 0 Å². The molecule has 0 spiro atoms. The maximum atomic E-state index is 5.92. The van der Waals surface area contributed by atoms with Crippen molar-refractivity contribution >= 4 is 20.9 Å². The fourth-order valence-electron chi connectivity index (χ4n) is 0.800. The summed E-state index contributed by atoms with van der Waals surface area (Å²) in [5.41, 5.74) is 0. The van der Waals surface area contributed by atoms with Gasteiger partial charge < -0.3 is 0 Å². The Morgan fingerprint density at radius 2 is 1.62 bits per heavy atom. The van der Waals surface area contributed by atoms with Gasteiger partial charge in [-0.25, -0.2) is 0 Å². The van der Waals surface area contributed by atoms with E-state index in [1.165, 1.54) is 6.04 Å². The zero-order valence-corrected chi connectivity index (χ0v) is 15.3. The molecule has 0 atom stereocenters. The van der Waals surface area contributed by atoms with Crippen LogP contribution in [0.2, 0.25) is 45.3 Å². The van der Waals surface area contributed by atoms with Crippen molar-refractivity contribution < 1.29 is 27.8 Å². The molecule has 0 saturated heterocycles. The second kappa shape index (κ2) is 5.54. The number of hydrogen-bond donors (Lipinski definition) is 0. The molecule has 74 valence electrons. The van der Waals surface area contributed by atoms with Gasteiger partial charge in [-0.05, 0) is 0 Å². The third-order valence-electron chi connectivity index (χ3n) is 2.28. The van der Waals surface area contributed by atoms with Gasteiger partial charge in [0, 0.05) is 0 Å². The van der Waals surface area contributed by atoms with Gasteiger partial charge in [-0.3, -0.25) is 0 Å². The summed E-state index contributed by atoms with van der Waals surface area (Å²) in [5.74, 6) is 0. The van der Waals surface area contributed by atoms with Crippen molar-refractivity contribution in [3.05, 3.63) is 0 Å². The summed E-state index contributed by atoms with van der Waals surface area (Å²) >= 11 is 1.80. The predicted octanol–water partition coefficient (Wildman–Crippen LogP) is 2.79.